The second-order valence-corrected chi connectivity index (χ2v) is 4.98. The first-order valence-corrected chi connectivity index (χ1v) is 6.99. The molecule has 0 aliphatic rings. The summed E-state index contributed by atoms with van der Waals surface area (Å²) >= 11 is 0. The summed E-state index contributed by atoms with van der Waals surface area (Å²) in [5.41, 5.74) is -0.606. The van der Waals surface area contributed by atoms with Gasteiger partial charge in [0.25, 0.3) is 0 Å². The quantitative estimate of drug-likeness (QED) is 0.672. The van der Waals surface area contributed by atoms with E-state index < -0.39 is 17.7 Å². The number of nitrogens with zero attached hydrogens (tertiary/aromatic N) is 4. The van der Waals surface area contributed by atoms with Gasteiger partial charge >= 0.3 is 12.1 Å². The van der Waals surface area contributed by atoms with Gasteiger partial charge in [-0.25, -0.2) is 4.79 Å². The highest BCUT2D eigenvalue weighted by Crippen LogP contribution is 2.31. The minimum Gasteiger partial charge on any atom is -0.463 e. The summed E-state index contributed by atoms with van der Waals surface area (Å²) in [5, 5.41) is 11.5. The summed E-state index contributed by atoms with van der Waals surface area (Å²) in [6.07, 6.45) is -4.45. The highest BCUT2D eigenvalue weighted by molar-refractivity contribution is 5.86. The van der Waals surface area contributed by atoms with Gasteiger partial charge in [0.2, 0.25) is 11.6 Å². The Labute approximate surface area is 139 Å². The van der Waals surface area contributed by atoms with Gasteiger partial charge in [-0.3, -0.25) is 0 Å². The molecule has 0 saturated carbocycles. The normalized spacial score (nSPS) is 11.5. The molecule has 7 nitrogen and oxygen atoms in total. The molecule has 0 unspecified atom stereocenters. The summed E-state index contributed by atoms with van der Waals surface area (Å²) in [6.45, 7) is 0.0585. The van der Waals surface area contributed by atoms with Crippen molar-refractivity contribution in [2.45, 2.75) is 12.7 Å². The van der Waals surface area contributed by atoms with Gasteiger partial charge < -0.3 is 9.15 Å². The van der Waals surface area contributed by atoms with Gasteiger partial charge in [-0.15, -0.1) is 10.2 Å². The molecule has 0 N–H and O–H groups in total. The molecule has 1 aromatic carbocycles. The Morgan fingerprint density at radius 3 is 2.80 bits per heavy atom. The largest absolute Gasteiger partial charge is 0.463 e. The zero-order chi connectivity index (χ0) is 18.0. The molecule has 0 spiro atoms. The summed E-state index contributed by atoms with van der Waals surface area (Å²) in [5.74, 6) is -0.183. The number of methoxy groups -OCH3 is 1. The predicted molar refractivity (Wildman–Crippen MR) is 77.4 cm³/mol. The van der Waals surface area contributed by atoms with Crippen molar-refractivity contribution in [3.8, 4) is 11.4 Å². The van der Waals surface area contributed by atoms with E-state index in [1.165, 1.54) is 25.3 Å². The second kappa shape index (κ2) is 6.38. The maximum Gasteiger partial charge on any atom is 0.416 e. The molecule has 0 saturated heterocycles. The first kappa shape index (κ1) is 16.7. The lowest BCUT2D eigenvalue weighted by molar-refractivity contribution is -0.137. The van der Waals surface area contributed by atoms with E-state index in [1.54, 1.807) is 6.07 Å². The molecule has 0 aliphatic heterocycles. The van der Waals surface area contributed by atoms with Crippen LogP contribution in [0, 0.1) is 0 Å². The number of alkyl halides is 3. The molecule has 10 heteroatoms. The number of esters is 1. The smallest absolute Gasteiger partial charge is 0.416 e. The number of benzene rings is 1. The van der Waals surface area contributed by atoms with Crippen LogP contribution < -0.4 is 0 Å². The van der Waals surface area contributed by atoms with Crippen LogP contribution in [-0.4, -0.2) is 33.3 Å². The lowest BCUT2D eigenvalue weighted by Gasteiger charge is -2.06. The number of rotatable bonds is 4. The number of aromatic nitrogens is 4. The number of carbonyl (C=O) groups is 1. The van der Waals surface area contributed by atoms with E-state index in [9.17, 15) is 18.0 Å². The fourth-order valence-corrected chi connectivity index (χ4v) is 2.07. The standard InChI is InChI=1S/C15H11F3N4O3/c1-24-14(23)12-6-5-11(25-12)8-22-20-13(19-21-22)9-3-2-4-10(7-9)15(16,17)18/h2-7H,8H2,1H3. The van der Waals surface area contributed by atoms with Gasteiger partial charge in [0.15, 0.2) is 0 Å². The summed E-state index contributed by atoms with van der Waals surface area (Å²) in [4.78, 5) is 12.5. The van der Waals surface area contributed by atoms with Gasteiger partial charge in [-0.05, 0) is 29.5 Å². The third-order valence-corrected chi connectivity index (χ3v) is 3.25. The molecular formula is C15H11F3N4O3. The topological polar surface area (TPSA) is 83.0 Å². The number of halogens is 3. The molecule has 0 atom stereocenters. The number of furan rings is 1. The lowest BCUT2D eigenvalue weighted by Crippen LogP contribution is -2.05. The number of carbonyl (C=O) groups excluding carboxylic acids is 1. The Morgan fingerprint density at radius 2 is 2.08 bits per heavy atom. The number of hydrogen-bond donors (Lipinski definition) is 0. The molecule has 0 radical (unpaired) electrons. The first-order chi connectivity index (χ1) is 11.9. The van der Waals surface area contributed by atoms with Crippen LogP contribution in [-0.2, 0) is 17.5 Å². The molecule has 25 heavy (non-hydrogen) atoms. The monoisotopic (exact) mass is 352 g/mol. The Balaban J connectivity index is 1.79. The molecule has 3 aromatic rings. The van der Waals surface area contributed by atoms with Gasteiger partial charge in [0.1, 0.15) is 12.3 Å². The first-order valence-electron chi connectivity index (χ1n) is 6.99. The molecule has 0 fully saturated rings. The zero-order valence-corrected chi connectivity index (χ0v) is 12.8. The van der Waals surface area contributed by atoms with E-state index >= 15 is 0 Å². The zero-order valence-electron chi connectivity index (χ0n) is 12.8. The van der Waals surface area contributed by atoms with Gasteiger partial charge in [-0.2, -0.15) is 18.0 Å². The third-order valence-electron chi connectivity index (χ3n) is 3.25. The van der Waals surface area contributed by atoms with Crippen LogP contribution in [0.15, 0.2) is 40.8 Å². The maximum absolute atomic E-state index is 12.8. The average Bonchev–Trinajstić information content (AvgIpc) is 3.23. The van der Waals surface area contributed by atoms with Crippen molar-refractivity contribution < 1.29 is 27.1 Å². The fourth-order valence-electron chi connectivity index (χ4n) is 2.07. The van der Waals surface area contributed by atoms with Crippen molar-refractivity contribution in [1.82, 2.24) is 20.2 Å². The van der Waals surface area contributed by atoms with E-state index in [-0.39, 0.29) is 23.7 Å². The molecule has 3 rings (SSSR count). The van der Waals surface area contributed by atoms with Crippen LogP contribution in [0.2, 0.25) is 0 Å². The average molecular weight is 352 g/mol. The van der Waals surface area contributed by atoms with Crippen LogP contribution >= 0.6 is 0 Å². The molecule has 0 amide bonds. The van der Waals surface area contributed by atoms with Gasteiger partial charge in [-0.1, -0.05) is 12.1 Å². The van der Waals surface area contributed by atoms with Gasteiger partial charge in [0, 0.05) is 5.56 Å². The van der Waals surface area contributed by atoms with Crippen molar-refractivity contribution in [3.63, 3.8) is 0 Å². The Bertz CT molecular complexity index is 901. The minimum atomic E-state index is -4.45. The van der Waals surface area contributed by atoms with E-state index in [0.717, 1.165) is 16.9 Å². The summed E-state index contributed by atoms with van der Waals surface area (Å²) < 4.78 is 48.1. The lowest BCUT2D eigenvalue weighted by atomic mass is 10.1. The Hall–Kier alpha value is -3.17. The highest BCUT2D eigenvalue weighted by atomic mass is 19.4. The van der Waals surface area contributed by atoms with E-state index in [1.807, 2.05) is 0 Å². The van der Waals surface area contributed by atoms with E-state index in [0.29, 0.717) is 5.76 Å². The number of hydrogen-bond acceptors (Lipinski definition) is 6. The van der Waals surface area contributed by atoms with E-state index in [4.69, 9.17) is 4.42 Å². The summed E-state index contributed by atoms with van der Waals surface area (Å²) in [6, 6.07) is 7.62. The molecule has 2 heterocycles. The number of ether oxygens (including phenoxy) is 1. The third kappa shape index (κ3) is 3.67. The molecule has 0 aliphatic carbocycles. The highest BCUT2D eigenvalue weighted by Gasteiger charge is 2.30. The SMILES string of the molecule is COC(=O)c1ccc(Cn2nnc(-c3cccc(C(F)(F)F)c3)n2)o1. The van der Waals surface area contributed by atoms with Crippen LogP contribution in [0.1, 0.15) is 21.9 Å². The van der Waals surface area contributed by atoms with Crippen LogP contribution in [0.25, 0.3) is 11.4 Å². The predicted octanol–water partition coefficient (Wildman–Crippen LogP) is 2.79. The summed E-state index contributed by atoms with van der Waals surface area (Å²) in [7, 11) is 1.23. The van der Waals surface area contributed by atoms with Crippen molar-refractivity contribution in [1.29, 1.82) is 0 Å². The number of tetrazole rings is 1. The minimum absolute atomic E-state index is 0.0238. The van der Waals surface area contributed by atoms with E-state index in [2.05, 4.69) is 20.1 Å². The second-order valence-electron chi connectivity index (χ2n) is 4.98. The van der Waals surface area contributed by atoms with Crippen molar-refractivity contribution >= 4 is 5.97 Å². The fraction of sp³-hybridized carbons (Fsp3) is 0.200. The maximum atomic E-state index is 12.8. The molecule has 130 valence electrons. The van der Waals surface area contributed by atoms with Crippen LogP contribution in [0.3, 0.4) is 0 Å². The van der Waals surface area contributed by atoms with Gasteiger partial charge in [0.05, 0.1) is 12.7 Å². The van der Waals surface area contributed by atoms with Crippen LogP contribution in [0.4, 0.5) is 13.2 Å². The molecule has 2 aromatic heterocycles. The Kier molecular flexibility index (Phi) is 4.26. The van der Waals surface area contributed by atoms with Crippen molar-refractivity contribution in [3.05, 3.63) is 53.5 Å². The Morgan fingerprint density at radius 1 is 1.28 bits per heavy atom. The van der Waals surface area contributed by atoms with Crippen molar-refractivity contribution in [2.75, 3.05) is 7.11 Å². The van der Waals surface area contributed by atoms with Crippen LogP contribution in [0.5, 0.6) is 0 Å². The molecular weight excluding hydrogens is 341 g/mol. The molecule has 0 bridgehead atoms. The van der Waals surface area contributed by atoms with Crippen molar-refractivity contribution in [2.24, 2.45) is 0 Å².